The second-order valence-corrected chi connectivity index (χ2v) is 13.9. The van der Waals surface area contributed by atoms with Crippen LogP contribution in [-0.4, -0.2) is 40.4 Å². The zero-order valence-corrected chi connectivity index (χ0v) is 24.3. The van der Waals surface area contributed by atoms with Gasteiger partial charge in [-0.2, -0.15) is 0 Å². The number of fused-ring (bicyclic) bond motifs is 2. The van der Waals surface area contributed by atoms with E-state index in [0.29, 0.717) is 42.6 Å². The summed E-state index contributed by atoms with van der Waals surface area (Å²) >= 11 is 13.3. The number of aliphatic hydroxyl groups is 1. The molecule has 2 fully saturated rings. The van der Waals surface area contributed by atoms with Crippen molar-refractivity contribution >= 4 is 46.0 Å². The van der Waals surface area contributed by atoms with Crippen molar-refractivity contribution in [3.8, 4) is 0 Å². The van der Waals surface area contributed by atoms with Gasteiger partial charge in [0.15, 0.2) is 0 Å². The molecular weight excluding hydrogens is 565 g/mol. The fourth-order valence-electron chi connectivity index (χ4n) is 6.54. The minimum atomic E-state index is -1.45. The Morgan fingerprint density at radius 3 is 2.51 bits per heavy atom. The van der Waals surface area contributed by atoms with Gasteiger partial charge in [-0.15, -0.1) is 0 Å². The van der Waals surface area contributed by atoms with E-state index in [1.165, 1.54) is 18.2 Å². The Hall–Kier alpha value is -1.71. The van der Waals surface area contributed by atoms with Crippen LogP contribution in [-0.2, 0) is 15.0 Å². The highest BCUT2D eigenvalue weighted by Crippen LogP contribution is 2.60. The van der Waals surface area contributed by atoms with Gasteiger partial charge in [0.2, 0.25) is 11.0 Å². The molecule has 0 unspecified atom stereocenters. The third kappa shape index (κ3) is 5.12. The van der Waals surface area contributed by atoms with Crippen molar-refractivity contribution in [1.82, 2.24) is 10.6 Å². The minimum absolute atomic E-state index is 0.108. The molecule has 4 atom stereocenters. The van der Waals surface area contributed by atoms with Crippen LogP contribution in [0, 0.1) is 17.0 Å². The predicted molar refractivity (Wildman–Crippen MR) is 149 cm³/mol. The van der Waals surface area contributed by atoms with Crippen molar-refractivity contribution < 1.29 is 23.5 Å². The highest BCUT2D eigenvalue weighted by Gasteiger charge is 2.66. The van der Waals surface area contributed by atoms with E-state index in [2.05, 4.69) is 10.6 Å². The first-order chi connectivity index (χ1) is 18.3. The number of benzene rings is 2. The fraction of sp³-hybridized carbons (Fsp3) is 0.517. The molecule has 0 radical (unpaired) electrons. The molecule has 2 aliphatic heterocycles. The number of nitrogens with one attached hydrogen (secondary N) is 2. The van der Waals surface area contributed by atoms with Gasteiger partial charge in [0.1, 0.15) is 11.6 Å². The van der Waals surface area contributed by atoms with Crippen LogP contribution in [0.1, 0.15) is 69.9 Å². The largest absolute Gasteiger partial charge is 0.393 e. The van der Waals surface area contributed by atoms with Crippen molar-refractivity contribution in [1.29, 1.82) is 0 Å². The summed E-state index contributed by atoms with van der Waals surface area (Å²) in [5.74, 6) is -2.75. The molecule has 5 nitrogen and oxygen atoms in total. The molecule has 3 aliphatic rings. The molecule has 1 saturated carbocycles. The summed E-state index contributed by atoms with van der Waals surface area (Å²) in [4.78, 5) is 28.7. The van der Waals surface area contributed by atoms with Crippen molar-refractivity contribution in [2.45, 2.75) is 93.3 Å². The summed E-state index contributed by atoms with van der Waals surface area (Å²) in [5.41, 5.74) is -1.20. The Morgan fingerprint density at radius 1 is 1.15 bits per heavy atom. The number of hydrogen-bond acceptors (Lipinski definition) is 5. The van der Waals surface area contributed by atoms with E-state index in [1.807, 2.05) is 20.8 Å². The first-order valence-corrected chi connectivity index (χ1v) is 14.8. The van der Waals surface area contributed by atoms with Crippen LogP contribution in [0.15, 0.2) is 35.2 Å². The number of carbonyl (C=O) groups excluding carboxylic acids is 2. The van der Waals surface area contributed by atoms with E-state index in [0.717, 1.165) is 11.8 Å². The van der Waals surface area contributed by atoms with E-state index < -0.39 is 35.1 Å². The predicted octanol–water partition coefficient (Wildman–Crippen LogP) is 6.12. The third-order valence-electron chi connectivity index (χ3n) is 8.22. The minimum Gasteiger partial charge on any atom is -0.393 e. The van der Waals surface area contributed by atoms with Crippen LogP contribution in [0.4, 0.5) is 8.78 Å². The Kier molecular flexibility index (Phi) is 7.83. The molecule has 0 bridgehead atoms. The summed E-state index contributed by atoms with van der Waals surface area (Å²) < 4.78 is 30.8. The standard InChI is InChI=1S/C29H32Cl2F2N2O3S/c1-28(2,3)13-22-29(17-11-20(32)19(31)12-21(17)39-27(29)38)23(16-5-4-6-18(30)24(16)33)25(35-22)26(37)34-14-7-9-15(36)10-8-14/h4-6,11-12,14-15,22-23,25,35-36H,7-10,13H2,1-3H3,(H,34,37)/t14?,15?,22-,23+,25-,29+/m1/s1. The lowest BCUT2D eigenvalue weighted by Crippen LogP contribution is -2.49. The van der Waals surface area contributed by atoms with Crippen molar-refractivity contribution in [3.63, 3.8) is 0 Å². The van der Waals surface area contributed by atoms with Gasteiger partial charge >= 0.3 is 0 Å². The number of aliphatic hydroxyl groups excluding tert-OH is 1. The third-order valence-corrected chi connectivity index (χ3v) is 9.88. The van der Waals surface area contributed by atoms with Crippen molar-refractivity contribution in [2.24, 2.45) is 5.41 Å². The van der Waals surface area contributed by atoms with Gasteiger partial charge in [0, 0.05) is 22.9 Å². The van der Waals surface area contributed by atoms with Gasteiger partial charge in [-0.3, -0.25) is 9.59 Å². The average Bonchev–Trinajstić information content (AvgIpc) is 3.32. The number of halogens is 4. The molecule has 5 rings (SSSR count). The van der Waals surface area contributed by atoms with Gasteiger partial charge in [0.25, 0.3) is 0 Å². The van der Waals surface area contributed by atoms with Crippen LogP contribution < -0.4 is 10.6 Å². The number of rotatable bonds is 4. The van der Waals surface area contributed by atoms with Gasteiger partial charge in [-0.05, 0) is 66.8 Å². The second-order valence-electron chi connectivity index (χ2n) is 12.1. The molecule has 2 aromatic carbocycles. The zero-order valence-electron chi connectivity index (χ0n) is 22.0. The molecule has 2 aromatic rings. The van der Waals surface area contributed by atoms with Crippen molar-refractivity contribution in [2.75, 3.05) is 0 Å². The molecule has 39 heavy (non-hydrogen) atoms. The van der Waals surface area contributed by atoms with Gasteiger partial charge < -0.3 is 15.7 Å². The molecule has 210 valence electrons. The number of amides is 1. The van der Waals surface area contributed by atoms with Crippen LogP contribution in [0.2, 0.25) is 10.0 Å². The monoisotopic (exact) mass is 596 g/mol. The molecule has 1 amide bonds. The molecule has 10 heteroatoms. The Morgan fingerprint density at radius 2 is 1.85 bits per heavy atom. The summed E-state index contributed by atoms with van der Waals surface area (Å²) in [7, 11) is 0. The normalized spacial score (nSPS) is 30.6. The van der Waals surface area contributed by atoms with E-state index in [9.17, 15) is 14.7 Å². The maximum atomic E-state index is 15.8. The number of hydrogen-bond donors (Lipinski definition) is 3. The van der Waals surface area contributed by atoms with E-state index >= 15 is 8.78 Å². The van der Waals surface area contributed by atoms with Crippen LogP contribution >= 0.6 is 35.0 Å². The van der Waals surface area contributed by atoms with Crippen LogP contribution in [0.3, 0.4) is 0 Å². The first-order valence-electron chi connectivity index (χ1n) is 13.2. The van der Waals surface area contributed by atoms with Crippen LogP contribution in [0.25, 0.3) is 0 Å². The maximum Gasteiger partial charge on any atom is 0.238 e. The maximum absolute atomic E-state index is 15.8. The van der Waals surface area contributed by atoms with E-state index in [1.54, 1.807) is 12.1 Å². The molecule has 3 N–H and O–H groups in total. The lowest BCUT2D eigenvalue weighted by molar-refractivity contribution is -0.124. The number of carbonyl (C=O) groups is 2. The zero-order chi connectivity index (χ0) is 28.3. The first kappa shape index (κ1) is 28.8. The molecule has 2 heterocycles. The quantitative estimate of drug-likeness (QED) is 0.396. The topological polar surface area (TPSA) is 78.4 Å². The SMILES string of the molecule is CC(C)(C)C[C@H]1N[C@@H](C(=O)NC2CCC(O)CC2)[C@H](c2cccc(Cl)c2F)[C@@]12C(=O)Sc1cc(Cl)c(F)cc12. The smallest absolute Gasteiger partial charge is 0.238 e. The molecule has 1 aliphatic carbocycles. The summed E-state index contributed by atoms with van der Waals surface area (Å²) in [6.07, 6.45) is 2.47. The molecule has 1 spiro atoms. The molecule has 0 aromatic heterocycles. The van der Waals surface area contributed by atoms with Crippen LogP contribution in [0.5, 0.6) is 0 Å². The second kappa shape index (κ2) is 10.6. The van der Waals surface area contributed by atoms with Gasteiger partial charge in [0.05, 0.1) is 27.6 Å². The summed E-state index contributed by atoms with van der Waals surface area (Å²) in [6, 6.07) is 5.52. The average molecular weight is 598 g/mol. The van der Waals surface area contributed by atoms with E-state index in [-0.39, 0.29) is 44.2 Å². The highest BCUT2D eigenvalue weighted by atomic mass is 35.5. The summed E-state index contributed by atoms with van der Waals surface area (Å²) in [5, 5.41) is 15.9. The van der Waals surface area contributed by atoms with E-state index in [4.69, 9.17) is 23.2 Å². The lowest BCUT2D eigenvalue weighted by Gasteiger charge is -2.38. The fourth-order valence-corrected chi connectivity index (χ4v) is 8.21. The Labute approximate surface area is 241 Å². The molecule has 1 saturated heterocycles. The van der Waals surface area contributed by atoms with Crippen molar-refractivity contribution in [3.05, 3.63) is 63.1 Å². The number of thioether (sulfide) groups is 1. The Bertz CT molecular complexity index is 1310. The van der Waals surface area contributed by atoms with Gasteiger partial charge in [-0.25, -0.2) is 8.78 Å². The molecular formula is C29H32Cl2F2N2O3S. The summed E-state index contributed by atoms with van der Waals surface area (Å²) in [6.45, 7) is 6.07. The highest BCUT2D eigenvalue weighted by molar-refractivity contribution is 8.14. The Balaban J connectivity index is 1.69. The lowest BCUT2D eigenvalue weighted by atomic mass is 9.62. The van der Waals surface area contributed by atoms with Gasteiger partial charge in [-0.1, -0.05) is 67.9 Å².